The van der Waals surface area contributed by atoms with Crippen LogP contribution in [0, 0.1) is 11.3 Å². The van der Waals surface area contributed by atoms with Crippen LogP contribution in [0.25, 0.3) is 0 Å². The summed E-state index contributed by atoms with van der Waals surface area (Å²) in [6.45, 7) is 5.98. The van der Waals surface area contributed by atoms with Gasteiger partial charge in [0, 0.05) is 12.8 Å². The smallest absolute Gasteiger partial charge is 0.308 e. The number of benzene rings is 1. The van der Waals surface area contributed by atoms with E-state index in [4.69, 9.17) is 14.2 Å². The Bertz CT molecular complexity index is 573. The second kappa shape index (κ2) is 8.27. The van der Waals surface area contributed by atoms with Gasteiger partial charge in [-0.05, 0) is 26.3 Å². The highest BCUT2D eigenvalue weighted by atomic mass is 16.6. The van der Waals surface area contributed by atoms with Crippen molar-refractivity contribution in [1.82, 2.24) is 0 Å². The van der Waals surface area contributed by atoms with E-state index in [0.717, 1.165) is 5.56 Å². The highest BCUT2D eigenvalue weighted by molar-refractivity contribution is 5.70. The van der Waals surface area contributed by atoms with Crippen molar-refractivity contribution in [3.8, 4) is 6.07 Å². The van der Waals surface area contributed by atoms with Crippen LogP contribution in [0.2, 0.25) is 0 Å². The lowest BCUT2D eigenvalue weighted by Gasteiger charge is -2.32. The zero-order chi connectivity index (χ0) is 17.6. The predicted molar refractivity (Wildman–Crippen MR) is 89.0 cm³/mol. The Labute approximate surface area is 143 Å². The van der Waals surface area contributed by atoms with E-state index in [0.29, 0.717) is 19.4 Å². The molecule has 0 N–H and O–H groups in total. The second-order valence-electron chi connectivity index (χ2n) is 7.06. The first kappa shape index (κ1) is 18.4. The third-order valence-corrected chi connectivity index (χ3v) is 3.65. The van der Waals surface area contributed by atoms with Crippen molar-refractivity contribution in [2.24, 2.45) is 0 Å². The lowest BCUT2D eigenvalue weighted by Crippen LogP contribution is -2.38. The van der Waals surface area contributed by atoms with E-state index in [2.05, 4.69) is 6.07 Å². The fourth-order valence-electron chi connectivity index (χ4n) is 2.68. The van der Waals surface area contributed by atoms with Crippen LogP contribution in [-0.2, 0) is 25.6 Å². The summed E-state index contributed by atoms with van der Waals surface area (Å²) < 4.78 is 16.9. The molecule has 5 nitrogen and oxygen atoms in total. The third kappa shape index (κ3) is 6.31. The highest BCUT2D eigenvalue weighted by Crippen LogP contribution is 2.25. The van der Waals surface area contributed by atoms with Gasteiger partial charge in [-0.3, -0.25) is 4.79 Å². The molecule has 0 amide bonds. The molecule has 1 aromatic carbocycles. The molecule has 0 bridgehead atoms. The number of nitrogens with zero attached hydrogens (tertiary/aromatic N) is 1. The Morgan fingerprint density at radius 2 is 2.00 bits per heavy atom. The summed E-state index contributed by atoms with van der Waals surface area (Å²) in [5.74, 6) is -0.312. The molecule has 1 aromatic rings. The fraction of sp³-hybridized carbons (Fsp3) is 0.579. The molecule has 0 radical (unpaired) electrons. The predicted octanol–water partition coefficient (Wildman–Crippen LogP) is 3.37. The van der Waals surface area contributed by atoms with E-state index in [9.17, 15) is 10.1 Å². The van der Waals surface area contributed by atoms with Crippen LogP contribution in [0.4, 0.5) is 0 Å². The van der Waals surface area contributed by atoms with E-state index < -0.39 is 11.7 Å². The van der Waals surface area contributed by atoms with Gasteiger partial charge >= 0.3 is 5.97 Å². The van der Waals surface area contributed by atoms with Crippen LogP contribution in [0.1, 0.15) is 45.6 Å². The van der Waals surface area contributed by atoms with Gasteiger partial charge in [0.05, 0.1) is 31.3 Å². The minimum atomic E-state index is -0.549. The Kier molecular flexibility index (Phi) is 6.36. The maximum atomic E-state index is 12.0. The molecule has 1 heterocycles. The number of rotatable bonds is 5. The standard InChI is InChI=1S/C19H25NO4/c1-19(2,3)24-18(21)11-16-9-15(10-17(12-20)23-16)22-13-14-7-5-4-6-8-14/h4-8,15-17H,9-11,13H2,1-3H3/t15-,16-,17+/m0/s1. The minimum Gasteiger partial charge on any atom is -0.460 e. The summed E-state index contributed by atoms with van der Waals surface area (Å²) in [6.07, 6.45) is 0.251. The molecule has 3 atom stereocenters. The summed E-state index contributed by atoms with van der Waals surface area (Å²) in [6, 6.07) is 12.0. The van der Waals surface area contributed by atoms with Crippen molar-refractivity contribution in [3.63, 3.8) is 0 Å². The van der Waals surface area contributed by atoms with Gasteiger partial charge in [0.1, 0.15) is 11.7 Å². The van der Waals surface area contributed by atoms with Gasteiger partial charge in [-0.15, -0.1) is 0 Å². The molecule has 24 heavy (non-hydrogen) atoms. The maximum absolute atomic E-state index is 12.0. The van der Waals surface area contributed by atoms with Gasteiger partial charge in [0.15, 0.2) is 0 Å². The second-order valence-corrected chi connectivity index (χ2v) is 7.06. The van der Waals surface area contributed by atoms with E-state index >= 15 is 0 Å². The van der Waals surface area contributed by atoms with Crippen LogP contribution < -0.4 is 0 Å². The molecule has 1 aliphatic rings. The summed E-state index contributed by atoms with van der Waals surface area (Å²) in [4.78, 5) is 12.0. The summed E-state index contributed by atoms with van der Waals surface area (Å²) >= 11 is 0. The van der Waals surface area contributed by atoms with Gasteiger partial charge in [0.2, 0.25) is 0 Å². The minimum absolute atomic E-state index is 0.101. The number of esters is 1. The molecule has 1 aliphatic heterocycles. The monoisotopic (exact) mass is 331 g/mol. The van der Waals surface area contributed by atoms with Crippen LogP contribution in [0.15, 0.2) is 30.3 Å². The van der Waals surface area contributed by atoms with Crippen molar-refractivity contribution in [1.29, 1.82) is 5.26 Å². The lowest BCUT2D eigenvalue weighted by atomic mass is 9.99. The van der Waals surface area contributed by atoms with Crippen LogP contribution >= 0.6 is 0 Å². The largest absolute Gasteiger partial charge is 0.460 e. The van der Waals surface area contributed by atoms with Crippen molar-refractivity contribution in [2.75, 3.05) is 0 Å². The molecular formula is C19H25NO4. The Balaban J connectivity index is 1.88. The molecule has 0 saturated carbocycles. The van der Waals surface area contributed by atoms with Crippen LogP contribution in [0.5, 0.6) is 0 Å². The number of hydrogen-bond acceptors (Lipinski definition) is 5. The summed E-state index contributed by atoms with van der Waals surface area (Å²) in [5.41, 5.74) is 0.560. The number of nitriles is 1. The van der Waals surface area contributed by atoms with E-state index in [1.807, 2.05) is 51.1 Å². The SMILES string of the molecule is CC(C)(C)OC(=O)C[C@@H]1C[C@H](OCc2ccccc2)C[C@H](C#N)O1. The van der Waals surface area contributed by atoms with Gasteiger partial charge in [-0.2, -0.15) is 5.26 Å². The molecule has 5 heteroatoms. The van der Waals surface area contributed by atoms with E-state index in [1.54, 1.807) is 0 Å². The Morgan fingerprint density at radius 3 is 2.62 bits per heavy atom. The quantitative estimate of drug-likeness (QED) is 0.774. The first-order chi connectivity index (χ1) is 11.4. The molecule has 2 rings (SSSR count). The molecule has 1 saturated heterocycles. The van der Waals surface area contributed by atoms with Crippen LogP contribution in [0.3, 0.4) is 0 Å². The normalized spacial score (nSPS) is 24.2. The molecule has 1 fully saturated rings. The number of hydrogen-bond donors (Lipinski definition) is 0. The van der Waals surface area contributed by atoms with Gasteiger partial charge < -0.3 is 14.2 Å². The highest BCUT2D eigenvalue weighted by Gasteiger charge is 2.32. The van der Waals surface area contributed by atoms with Gasteiger partial charge in [-0.25, -0.2) is 0 Å². The number of ether oxygens (including phenoxy) is 3. The van der Waals surface area contributed by atoms with Gasteiger partial charge in [-0.1, -0.05) is 30.3 Å². The molecule has 0 spiro atoms. The Morgan fingerprint density at radius 1 is 1.29 bits per heavy atom. The molecular weight excluding hydrogens is 306 g/mol. The average molecular weight is 331 g/mol. The average Bonchev–Trinajstić information content (AvgIpc) is 2.51. The summed E-state index contributed by atoms with van der Waals surface area (Å²) in [7, 11) is 0. The van der Waals surface area contributed by atoms with E-state index in [1.165, 1.54) is 0 Å². The summed E-state index contributed by atoms with van der Waals surface area (Å²) in [5, 5.41) is 9.19. The Hall–Kier alpha value is -1.90. The first-order valence-electron chi connectivity index (χ1n) is 8.28. The zero-order valence-electron chi connectivity index (χ0n) is 14.5. The number of carbonyl (C=O) groups excluding carboxylic acids is 1. The molecule has 0 unspecified atom stereocenters. The molecule has 130 valence electrons. The zero-order valence-corrected chi connectivity index (χ0v) is 14.5. The maximum Gasteiger partial charge on any atom is 0.308 e. The molecule has 0 aliphatic carbocycles. The topological polar surface area (TPSA) is 68.5 Å². The fourth-order valence-corrected chi connectivity index (χ4v) is 2.68. The van der Waals surface area contributed by atoms with Gasteiger partial charge in [0.25, 0.3) is 0 Å². The van der Waals surface area contributed by atoms with Crippen molar-refractivity contribution >= 4 is 5.97 Å². The van der Waals surface area contributed by atoms with Crippen molar-refractivity contribution < 1.29 is 19.0 Å². The van der Waals surface area contributed by atoms with Crippen molar-refractivity contribution in [3.05, 3.63) is 35.9 Å². The lowest BCUT2D eigenvalue weighted by molar-refractivity contribution is -0.162. The van der Waals surface area contributed by atoms with Crippen molar-refractivity contribution in [2.45, 2.75) is 70.6 Å². The molecule has 0 aromatic heterocycles. The first-order valence-corrected chi connectivity index (χ1v) is 8.28. The third-order valence-electron chi connectivity index (χ3n) is 3.65. The van der Waals surface area contributed by atoms with E-state index in [-0.39, 0.29) is 24.6 Å². The van der Waals surface area contributed by atoms with Crippen LogP contribution in [-0.4, -0.2) is 29.9 Å². The number of carbonyl (C=O) groups is 1.